The number of nitrogens with zero attached hydrogens (tertiary/aromatic N) is 2. The largest absolute Gasteiger partial charge is 0.339 e. The zero-order valence-electron chi connectivity index (χ0n) is 11.7. The Morgan fingerprint density at radius 3 is 2.81 bits per heavy atom. The van der Waals surface area contributed by atoms with Crippen LogP contribution in [0.2, 0.25) is 10.0 Å². The highest BCUT2D eigenvalue weighted by Crippen LogP contribution is 2.30. The van der Waals surface area contributed by atoms with Crippen molar-refractivity contribution in [1.82, 2.24) is 15.2 Å². The fraction of sp³-hybridized carbons (Fsp3) is 0.286. The van der Waals surface area contributed by atoms with Crippen molar-refractivity contribution < 1.29 is 4.79 Å². The average Bonchev–Trinajstić information content (AvgIpc) is 2.96. The molecule has 1 aromatic carbocycles. The van der Waals surface area contributed by atoms with E-state index in [9.17, 15) is 4.79 Å². The number of hydrogen-bond donors (Lipinski definition) is 1. The molecule has 0 aliphatic carbocycles. The Labute approximate surface area is 137 Å². The first kappa shape index (κ1) is 16.2. The summed E-state index contributed by atoms with van der Waals surface area (Å²) < 4.78 is 0. The first-order valence-corrected chi connectivity index (χ1v) is 7.97. The minimum absolute atomic E-state index is 0.0900. The van der Waals surface area contributed by atoms with E-state index >= 15 is 0 Å². The minimum atomic E-state index is -0.0900. The molecule has 1 aromatic heterocycles. The number of carbonyl (C=O) groups is 1. The lowest BCUT2D eigenvalue weighted by molar-refractivity contribution is 0.0792. The number of halogens is 2. The third-order valence-electron chi connectivity index (χ3n) is 2.93. The molecule has 0 atom stereocenters. The predicted molar refractivity (Wildman–Crippen MR) is 88.5 cm³/mol. The minimum Gasteiger partial charge on any atom is -0.339 e. The van der Waals surface area contributed by atoms with Crippen LogP contribution in [0.25, 0.3) is 10.6 Å². The van der Waals surface area contributed by atoms with Crippen LogP contribution < -0.4 is 5.32 Å². The Morgan fingerprint density at radius 1 is 1.38 bits per heavy atom. The Hall–Kier alpha value is -1.14. The molecule has 0 unspecified atom stereocenters. The van der Waals surface area contributed by atoms with Gasteiger partial charge in [-0.15, -0.1) is 11.3 Å². The van der Waals surface area contributed by atoms with Gasteiger partial charge in [-0.2, -0.15) is 0 Å². The average molecular weight is 344 g/mol. The van der Waals surface area contributed by atoms with Gasteiger partial charge in [-0.3, -0.25) is 4.79 Å². The van der Waals surface area contributed by atoms with Gasteiger partial charge in [-0.05, 0) is 19.2 Å². The molecule has 0 spiro atoms. The molecule has 1 heterocycles. The Bertz CT molecular complexity index is 645. The Morgan fingerprint density at radius 2 is 2.14 bits per heavy atom. The van der Waals surface area contributed by atoms with Gasteiger partial charge in [-0.1, -0.05) is 29.3 Å². The molecular weight excluding hydrogens is 329 g/mol. The van der Waals surface area contributed by atoms with Crippen molar-refractivity contribution in [2.75, 3.05) is 27.2 Å². The summed E-state index contributed by atoms with van der Waals surface area (Å²) in [6.45, 7) is 1.38. The van der Waals surface area contributed by atoms with Gasteiger partial charge >= 0.3 is 0 Å². The smallest absolute Gasteiger partial charge is 0.273 e. The van der Waals surface area contributed by atoms with Crippen molar-refractivity contribution in [3.8, 4) is 10.6 Å². The fourth-order valence-electron chi connectivity index (χ4n) is 1.71. The quantitative estimate of drug-likeness (QED) is 0.904. The molecule has 2 aromatic rings. The second-order valence-electron chi connectivity index (χ2n) is 4.50. The predicted octanol–water partition coefficient (Wildman–Crippen LogP) is 3.41. The maximum absolute atomic E-state index is 12.2. The van der Waals surface area contributed by atoms with Crippen LogP contribution in [0.1, 0.15) is 10.5 Å². The highest BCUT2D eigenvalue weighted by Gasteiger charge is 2.16. The molecule has 1 N–H and O–H groups in total. The summed E-state index contributed by atoms with van der Waals surface area (Å²) in [5.41, 5.74) is 1.30. The Balaban J connectivity index is 2.17. The zero-order valence-corrected chi connectivity index (χ0v) is 14.0. The Kier molecular flexibility index (Phi) is 5.58. The normalized spacial score (nSPS) is 10.7. The van der Waals surface area contributed by atoms with Gasteiger partial charge in [-0.25, -0.2) is 4.98 Å². The van der Waals surface area contributed by atoms with Crippen LogP contribution in [-0.2, 0) is 0 Å². The maximum Gasteiger partial charge on any atom is 0.273 e. The van der Waals surface area contributed by atoms with Crippen LogP contribution in [0.5, 0.6) is 0 Å². The number of thiazole rings is 1. The summed E-state index contributed by atoms with van der Waals surface area (Å²) in [6.07, 6.45) is 0. The van der Waals surface area contributed by atoms with Crippen LogP contribution in [0.15, 0.2) is 23.6 Å². The monoisotopic (exact) mass is 343 g/mol. The number of likely N-dealkylation sites (N-methyl/N-ethyl adjacent to an activating group) is 2. The van der Waals surface area contributed by atoms with E-state index in [-0.39, 0.29) is 5.91 Å². The molecule has 0 aliphatic heterocycles. The summed E-state index contributed by atoms with van der Waals surface area (Å²) in [5.74, 6) is -0.0900. The van der Waals surface area contributed by atoms with Gasteiger partial charge in [0.2, 0.25) is 0 Å². The van der Waals surface area contributed by atoms with E-state index in [1.54, 1.807) is 29.5 Å². The number of aromatic nitrogens is 1. The lowest BCUT2D eigenvalue weighted by atomic mass is 10.2. The van der Waals surface area contributed by atoms with E-state index < -0.39 is 0 Å². The van der Waals surface area contributed by atoms with E-state index in [0.29, 0.717) is 22.3 Å². The second kappa shape index (κ2) is 7.22. The second-order valence-corrected chi connectivity index (χ2v) is 6.17. The molecule has 1 amide bonds. The molecule has 0 aliphatic rings. The first-order chi connectivity index (χ1) is 10.0. The first-order valence-electron chi connectivity index (χ1n) is 6.34. The van der Waals surface area contributed by atoms with Crippen LogP contribution in [0.3, 0.4) is 0 Å². The van der Waals surface area contributed by atoms with Crippen molar-refractivity contribution in [2.24, 2.45) is 0 Å². The van der Waals surface area contributed by atoms with Gasteiger partial charge < -0.3 is 10.2 Å². The number of carbonyl (C=O) groups excluding carboxylic acids is 1. The van der Waals surface area contributed by atoms with E-state index in [2.05, 4.69) is 10.3 Å². The van der Waals surface area contributed by atoms with Crippen molar-refractivity contribution in [3.05, 3.63) is 39.3 Å². The molecule has 4 nitrogen and oxygen atoms in total. The molecule has 0 bridgehead atoms. The van der Waals surface area contributed by atoms with E-state index in [1.807, 2.05) is 13.1 Å². The molecule has 0 fully saturated rings. The van der Waals surface area contributed by atoms with E-state index in [1.165, 1.54) is 11.3 Å². The van der Waals surface area contributed by atoms with Crippen LogP contribution >= 0.6 is 34.5 Å². The van der Waals surface area contributed by atoms with Crippen molar-refractivity contribution in [3.63, 3.8) is 0 Å². The molecule has 0 saturated heterocycles. The lowest BCUT2D eigenvalue weighted by Crippen LogP contribution is -2.32. The van der Waals surface area contributed by atoms with Gasteiger partial charge in [0.25, 0.3) is 5.91 Å². The zero-order chi connectivity index (χ0) is 15.4. The summed E-state index contributed by atoms with van der Waals surface area (Å²) in [4.78, 5) is 18.2. The standard InChI is InChI=1S/C14H15Cl2N3OS/c1-17-5-6-19(2)14(20)12-8-21-13(18-12)9-3-4-10(15)11(16)7-9/h3-4,7-8,17H,5-6H2,1-2H3. The highest BCUT2D eigenvalue weighted by molar-refractivity contribution is 7.13. The van der Waals surface area contributed by atoms with Crippen molar-refractivity contribution in [2.45, 2.75) is 0 Å². The van der Waals surface area contributed by atoms with E-state index in [0.717, 1.165) is 17.1 Å². The van der Waals surface area contributed by atoms with Crippen LogP contribution in [0.4, 0.5) is 0 Å². The highest BCUT2D eigenvalue weighted by atomic mass is 35.5. The third kappa shape index (κ3) is 3.95. The fourth-order valence-corrected chi connectivity index (χ4v) is 2.80. The third-order valence-corrected chi connectivity index (χ3v) is 4.56. The molecule has 0 saturated carbocycles. The van der Waals surface area contributed by atoms with Crippen LogP contribution in [0, 0.1) is 0 Å². The topological polar surface area (TPSA) is 45.2 Å². The summed E-state index contributed by atoms with van der Waals surface area (Å²) in [7, 11) is 3.61. The molecule has 0 radical (unpaired) electrons. The lowest BCUT2D eigenvalue weighted by Gasteiger charge is -2.15. The number of nitrogens with one attached hydrogen (secondary N) is 1. The van der Waals surface area contributed by atoms with Gasteiger partial charge in [0.1, 0.15) is 10.7 Å². The maximum atomic E-state index is 12.2. The van der Waals surface area contributed by atoms with Gasteiger partial charge in [0.15, 0.2) is 0 Å². The molecule has 21 heavy (non-hydrogen) atoms. The summed E-state index contributed by atoms with van der Waals surface area (Å²) in [5, 5.41) is 6.49. The number of rotatable bonds is 5. The molecule has 2 rings (SSSR count). The van der Waals surface area contributed by atoms with Crippen molar-refractivity contribution in [1.29, 1.82) is 0 Å². The SMILES string of the molecule is CNCCN(C)C(=O)c1csc(-c2ccc(Cl)c(Cl)c2)n1. The van der Waals surface area contributed by atoms with Gasteiger partial charge in [0.05, 0.1) is 10.0 Å². The summed E-state index contributed by atoms with van der Waals surface area (Å²) in [6, 6.07) is 5.31. The summed E-state index contributed by atoms with van der Waals surface area (Å²) >= 11 is 13.3. The van der Waals surface area contributed by atoms with Crippen LogP contribution in [-0.4, -0.2) is 43.0 Å². The molecular formula is C14H15Cl2N3OS. The molecule has 7 heteroatoms. The van der Waals surface area contributed by atoms with Gasteiger partial charge in [0, 0.05) is 31.1 Å². The van der Waals surface area contributed by atoms with Crippen molar-refractivity contribution >= 4 is 40.4 Å². The van der Waals surface area contributed by atoms with E-state index in [4.69, 9.17) is 23.2 Å². The molecule has 112 valence electrons. The number of hydrogen-bond acceptors (Lipinski definition) is 4. The number of benzene rings is 1. The number of amides is 1.